The molecule has 7 atom stereocenters. The highest BCUT2D eigenvalue weighted by Crippen LogP contribution is 2.75. The number of carbonyl (C=O) groups is 2. The summed E-state index contributed by atoms with van der Waals surface area (Å²) in [6, 6.07) is 9.20. The molecule has 4 aliphatic rings. The van der Waals surface area contributed by atoms with Crippen LogP contribution in [-0.4, -0.2) is 29.6 Å². The summed E-state index contributed by atoms with van der Waals surface area (Å²) in [7, 11) is 0. The lowest BCUT2D eigenvalue weighted by Gasteiger charge is -2.67. The number of benzene rings is 1. The Morgan fingerprint density at radius 3 is 2.55 bits per heavy atom. The van der Waals surface area contributed by atoms with E-state index in [1.54, 1.807) is 12.1 Å². The number of ether oxygens (including phenoxy) is 1. The molecule has 4 aliphatic carbocycles. The highest BCUT2D eigenvalue weighted by atomic mass is 16.5. The van der Waals surface area contributed by atoms with Gasteiger partial charge in [0.05, 0.1) is 5.56 Å². The van der Waals surface area contributed by atoms with Crippen LogP contribution in [0.4, 0.5) is 0 Å². The van der Waals surface area contributed by atoms with E-state index >= 15 is 0 Å². The zero-order valence-corrected chi connectivity index (χ0v) is 19.2. The summed E-state index contributed by atoms with van der Waals surface area (Å²) < 4.78 is 6.26. The zero-order valence-electron chi connectivity index (χ0n) is 19.2. The number of fused-ring (bicyclic) bond motifs is 2. The van der Waals surface area contributed by atoms with Crippen LogP contribution >= 0.6 is 0 Å². The van der Waals surface area contributed by atoms with Gasteiger partial charge in [-0.15, -0.1) is 0 Å². The third-order valence-corrected chi connectivity index (χ3v) is 10.3. The predicted molar refractivity (Wildman–Crippen MR) is 118 cm³/mol. The van der Waals surface area contributed by atoms with Crippen LogP contribution in [0.25, 0.3) is 0 Å². The molecule has 1 aromatic carbocycles. The fourth-order valence-corrected chi connectivity index (χ4v) is 8.73. The molecule has 4 saturated carbocycles. The lowest BCUT2D eigenvalue weighted by Crippen LogP contribution is -2.65. The average molecular weight is 425 g/mol. The summed E-state index contributed by atoms with van der Waals surface area (Å²) in [4.78, 5) is 26.1. The summed E-state index contributed by atoms with van der Waals surface area (Å²) >= 11 is 0. The second-order valence-corrected chi connectivity index (χ2v) is 11.8. The molecule has 0 unspecified atom stereocenters. The molecular formula is C27H36O4. The Hall–Kier alpha value is -1.68. The van der Waals surface area contributed by atoms with Crippen molar-refractivity contribution in [2.24, 2.45) is 33.5 Å². The van der Waals surface area contributed by atoms with Crippen molar-refractivity contribution in [1.29, 1.82) is 0 Å². The molecule has 5 rings (SSSR count). The molecule has 31 heavy (non-hydrogen) atoms. The summed E-state index contributed by atoms with van der Waals surface area (Å²) in [5.74, 6) is 0.499. The van der Waals surface area contributed by atoms with Gasteiger partial charge in [-0.05, 0) is 72.8 Å². The molecule has 0 saturated heterocycles. The van der Waals surface area contributed by atoms with E-state index in [0.717, 1.165) is 44.9 Å². The number of Topliss-reactive ketones (excluding diaryl/α,β-unsaturated/α-hetero) is 1. The van der Waals surface area contributed by atoms with Crippen LogP contribution in [0.3, 0.4) is 0 Å². The maximum absolute atomic E-state index is 13.1. The molecule has 4 heteroatoms. The second-order valence-electron chi connectivity index (χ2n) is 11.8. The Labute approximate surface area is 185 Å². The van der Waals surface area contributed by atoms with E-state index in [1.165, 1.54) is 0 Å². The fraction of sp³-hybridized carbons (Fsp3) is 0.704. The van der Waals surface area contributed by atoms with Crippen molar-refractivity contribution < 1.29 is 19.4 Å². The van der Waals surface area contributed by atoms with E-state index in [9.17, 15) is 14.7 Å². The van der Waals surface area contributed by atoms with E-state index in [-0.39, 0.29) is 52.2 Å². The minimum atomic E-state index is -0.284. The van der Waals surface area contributed by atoms with E-state index in [0.29, 0.717) is 17.8 Å². The lowest BCUT2D eigenvalue weighted by molar-refractivity contribution is -0.224. The molecule has 1 N–H and O–H groups in total. The van der Waals surface area contributed by atoms with Gasteiger partial charge in [0, 0.05) is 24.4 Å². The normalized spacial score (nSPS) is 46.2. The van der Waals surface area contributed by atoms with Crippen molar-refractivity contribution >= 4 is 11.8 Å². The molecule has 0 heterocycles. The van der Waals surface area contributed by atoms with Crippen molar-refractivity contribution in [3.63, 3.8) is 0 Å². The van der Waals surface area contributed by atoms with E-state index in [4.69, 9.17) is 4.74 Å². The van der Waals surface area contributed by atoms with Crippen LogP contribution < -0.4 is 0 Å². The molecule has 0 amide bonds. The lowest BCUT2D eigenvalue weighted by atomic mass is 9.37. The first kappa shape index (κ1) is 21.2. The maximum atomic E-state index is 13.1. The topological polar surface area (TPSA) is 63.6 Å². The van der Waals surface area contributed by atoms with Crippen LogP contribution in [0.2, 0.25) is 0 Å². The van der Waals surface area contributed by atoms with Crippen LogP contribution in [0.15, 0.2) is 30.3 Å². The number of carbonyl (C=O) groups excluding carboxylic acids is 2. The van der Waals surface area contributed by atoms with Gasteiger partial charge in [0.25, 0.3) is 0 Å². The van der Waals surface area contributed by atoms with Gasteiger partial charge in [0.1, 0.15) is 11.9 Å². The molecule has 1 spiro atoms. The minimum Gasteiger partial charge on any atom is -0.458 e. The first-order valence-corrected chi connectivity index (χ1v) is 12.1. The van der Waals surface area contributed by atoms with Gasteiger partial charge in [-0.2, -0.15) is 0 Å². The number of rotatable bonds is 3. The second kappa shape index (κ2) is 6.91. The Morgan fingerprint density at radius 2 is 1.84 bits per heavy atom. The Morgan fingerprint density at radius 1 is 1.10 bits per heavy atom. The predicted octanol–water partition coefficient (Wildman–Crippen LogP) is 5.19. The quantitative estimate of drug-likeness (QED) is 0.679. The first-order chi connectivity index (χ1) is 14.7. The monoisotopic (exact) mass is 424 g/mol. The van der Waals surface area contributed by atoms with Gasteiger partial charge in [-0.3, -0.25) is 4.79 Å². The smallest absolute Gasteiger partial charge is 0.338 e. The molecule has 2 bridgehead atoms. The molecule has 0 aliphatic heterocycles. The Bertz CT molecular complexity index is 896. The maximum Gasteiger partial charge on any atom is 0.338 e. The third-order valence-electron chi connectivity index (χ3n) is 10.3. The summed E-state index contributed by atoms with van der Waals surface area (Å²) in [5, 5.41) is 10.5. The average Bonchev–Trinajstić information content (AvgIpc) is 3.08. The van der Waals surface area contributed by atoms with E-state index < -0.39 is 0 Å². The molecule has 0 radical (unpaired) electrons. The highest BCUT2D eigenvalue weighted by Gasteiger charge is 2.72. The summed E-state index contributed by atoms with van der Waals surface area (Å²) in [6.07, 6.45) is 7.28. The number of hydrogen-bond donors (Lipinski definition) is 1. The zero-order chi connectivity index (χ0) is 22.1. The van der Waals surface area contributed by atoms with Crippen LogP contribution in [0.1, 0.15) is 82.5 Å². The third kappa shape index (κ3) is 2.83. The van der Waals surface area contributed by atoms with Gasteiger partial charge in [0.2, 0.25) is 0 Å². The van der Waals surface area contributed by atoms with Crippen LogP contribution in [0.5, 0.6) is 0 Å². The first-order valence-electron chi connectivity index (χ1n) is 12.1. The van der Waals surface area contributed by atoms with Gasteiger partial charge in [0.15, 0.2) is 0 Å². The Kier molecular flexibility index (Phi) is 4.72. The molecule has 0 aromatic heterocycles. The number of hydrogen-bond acceptors (Lipinski definition) is 4. The van der Waals surface area contributed by atoms with Crippen LogP contribution in [0, 0.1) is 33.5 Å². The van der Waals surface area contributed by atoms with Crippen LogP contribution in [-0.2, 0) is 9.53 Å². The summed E-state index contributed by atoms with van der Waals surface area (Å²) in [5.41, 5.74) is 0.192. The van der Waals surface area contributed by atoms with Gasteiger partial charge >= 0.3 is 5.97 Å². The van der Waals surface area contributed by atoms with Crippen molar-refractivity contribution in [3.05, 3.63) is 35.9 Å². The SMILES string of the molecule is C[C@@]12CC[C@]3(C1)[C@H](CC2=O)C[C@@H](OC(=O)c1ccccc1)[C@H]1[C@](C)(CO)CCC[C@@]13C. The number of esters is 1. The minimum absolute atomic E-state index is 0.0360. The van der Waals surface area contributed by atoms with Gasteiger partial charge in [-0.1, -0.05) is 45.4 Å². The molecule has 4 fully saturated rings. The van der Waals surface area contributed by atoms with Crippen molar-refractivity contribution in [3.8, 4) is 0 Å². The molecule has 1 aromatic rings. The molecule has 4 nitrogen and oxygen atoms in total. The van der Waals surface area contributed by atoms with Crippen molar-refractivity contribution in [2.75, 3.05) is 6.61 Å². The van der Waals surface area contributed by atoms with E-state index in [1.807, 2.05) is 18.2 Å². The fourth-order valence-electron chi connectivity index (χ4n) is 8.73. The highest BCUT2D eigenvalue weighted by molar-refractivity contribution is 5.89. The molecular weight excluding hydrogens is 388 g/mol. The molecule has 168 valence electrons. The largest absolute Gasteiger partial charge is 0.458 e. The Balaban J connectivity index is 1.57. The summed E-state index contributed by atoms with van der Waals surface area (Å²) in [6.45, 7) is 6.89. The van der Waals surface area contributed by atoms with E-state index in [2.05, 4.69) is 20.8 Å². The van der Waals surface area contributed by atoms with Gasteiger partial charge in [-0.25, -0.2) is 4.79 Å². The van der Waals surface area contributed by atoms with Crippen molar-refractivity contribution in [2.45, 2.75) is 78.2 Å². The number of ketones is 1. The van der Waals surface area contributed by atoms with Crippen molar-refractivity contribution in [1.82, 2.24) is 0 Å². The van der Waals surface area contributed by atoms with Gasteiger partial charge < -0.3 is 9.84 Å². The number of aliphatic hydroxyl groups is 1. The standard InChI is InChI=1S/C27H36O4/c1-24-12-13-27(16-24)19(15-21(24)29)14-20(31-23(30)18-8-5-4-6-9-18)22-25(2,17-28)10-7-11-26(22,27)3/h4-6,8-9,19-20,22,28H,7,10-17H2,1-3H3/t19-,20+,22-,24+,25-,26-,27-/m0/s1. The number of aliphatic hydroxyl groups excluding tert-OH is 1.